The van der Waals surface area contributed by atoms with E-state index in [0.29, 0.717) is 5.71 Å². The molecule has 10 nitrogen and oxygen atoms in total. The van der Waals surface area contributed by atoms with E-state index in [4.69, 9.17) is 9.57 Å². The van der Waals surface area contributed by atoms with Crippen molar-refractivity contribution in [3.63, 3.8) is 0 Å². The molecule has 1 aromatic carbocycles. The van der Waals surface area contributed by atoms with Crippen molar-refractivity contribution in [1.82, 2.24) is 10.6 Å². The summed E-state index contributed by atoms with van der Waals surface area (Å²) in [6.07, 6.45) is -1.75. The van der Waals surface area contributed by atoms with Gasteiger partial charge in [0, 0.05) is 6.42 Å². The summed E-state index contributed by atoms with van der Waals surface area (Å²) < 4.78 is 9.81. The minimum atomic E-state index is -1.02. The molecular formula is C22H29N3O7. The van der Waals surface area contributed by atoms with Crippen LogP contribution >= 0.6 is 0 Å². The topological polar surface area (TPSA) is 132 Å². The molecule has 1 aliphatic rings. The molecule has 2 rings (SSSR count). The minimum absolute atomic E-state index is 0.0484. The molecule has 0 aliphatic carbocycles. The van der Waals surface area contributed by atoms with Crippen molar-refractivity contribution in [3.8, 4) is 0 Å². The third-order valence-electron chi connectivity index (χ3n) is 4.90. The Balaban J connectivity index is 1.91. The molecule has 0 spiro atoms. The highest BCUT2D eigenvalue weighted by molar-refractivity contribution is 5.99. The highest BCUT2D eigenvalue weighted by Gasteiger charge is 2.36. The van der Waals surface area contributed by atoms with E-state index in [-0.39, 0.29) is 31.1 Å². The lowest BCUT2D eigenvalue weighted by Gasteiger charge is -2.21. The first-order valence-electron chi connectivity index (χ1n) is 10.3. The fourth-order valence-corrected chi connectivity index (χ4v) is 3.06. The fraction of sp³-hybridized carbons (Fsp3) is 0.500. The number of ketones is 1. The van der Waals surface area contributed by atoms with Gasteiger partial charge in [0.1, 0.15) is 6.61 Å². The van der Waals surface area contributed by atoms with Crippen molar-refractivity contribution in [1.29, 1.82) is 0 Å². The van der Waals surface area contributed by atoms with Crippen molar-refractivity contribution in [2.45, 2.75) is 58.4 Å². The predicted octanol–water partition coefficient (Wildman–Crippen LogP) is 1.72. The molecule has 2 amide bonds. The number of alkyl carbamates (subject to hydrolysis) is 1. The van der Waals surface area contributed by atoms with Crippen molar-refractivity contribution in [2.75, 3.05) is 7.11 Å². The average Bonchev–Trinajstić information content (AvgIpc) is 3.25. The van der Waals surface area contributed by atoms with Crippen LogP contribution < -0.4 is 10.6 Å². The van der Waals surface area contributed by atoms with Gasteiger partial charge in [0.05, 0.1) is 31.3 Å². The lowest BCUT2D eigenvalue weighted by molar-refractivity contribution is -0.143. The zero-order valence-electron chi connectivity index (χ0n) is 18.6. The molecule has 3 atom stereocenters. The van der Waals surface area contributed by atoms with Gasteiger partial charge in [-0.25, -0.2) is 4.79 Å². The Morgan fingerprint density at radius 3 is 2.44 bits per heavy atom. The zero-order valence-corrected chi connectivity index (χ0v) is 18.6. The van der Waals surface area contributed by atoms with Crippen LogP contribution in [0.15, 0.2) is 35.5 Å². The maximum absolute atomic E-state index is 12.5. The number of esters is 1. The SMILES string of the molecule is COC(=O)C[C@H](NC(=O)C1CC(C(NC(=O)OCc2ccccc2)C(C)C)=NO1)C(C)=O. The van der Waals surface area contributed by atoms with Crippen LogP contribution in [0.25, 0.3) is 0 Å². The van der Waals surface area contributed by atoms with E-state index in [9.17, 15) is 19.2 Å². The highest BCUT2D eigenvalue weighted by atomic mass is 16.6. The Kier molecular flexibility index (Phi) is 9.18. The molecular weight excluding hydrogens is 418 g/mol. The number of nitrogens with one attached hydrogen (secondary N) is 2. The van der Waals surface area contributed by atoms with Gasteiger partial charge in [-0.2, -0.15) is 0 Å². The van der Waals surface area contributed by atoms with Crippen LogP contribution in [-0.2, 0) is 35.3 Å². The summed E-state index contributed by atoms with van der Waals surface area (Å²) in [5, 5.41) is 9.22. The highest BCUT2D eigenvalue weighted by Crippen LogP contribution is 2.18. The van der Waals surface area contributed by atoms with Gasteiger partial charge in [0.25, 0.3) is 5.91 Å². The summed E-state index contributed by atoms with van der Waals surface area (Å²) in [5.41, 5.74) is 1.33. The molecule has 0 saturated heterocycles. The molecule has 2 N–H and O–H groups in total. The second-order valence-electron chi connectivity index (χ2n) is 7.76. The van der Waals surface area contributed by atoms with Gasteiger partial charge in [-0.05, 0) is 18.4 Å². The first-order chi connectivity index (χ1) is 15.2. The number of nitrogens with zero attached hydrogens (tertiary/aromatic N) is 1. The fourth-order valence-electron chi connectivity index (χ4n) is 3.06. The standard InChI is InChI=1S/C22H29N3O7/c1-13(2)20(24-22(29)31-12-15-8-6-5-7-9-15)17-10-18(32-25-17)21(28)23-16(14(3)26)11-19(27)30-4/h5-9,13,16,18,20H,10-12H2,1-4H3,(H,23,28)(H,24,29)/t16-,18?,20?/m0/s1. The minimum Gasteiger partial charge on any atom is -0.469 e. The number of rotatable bonds is 10. The van der Waals surface area contributed by atoms with Crippen LogP contribution in [0.2, 0.25) is 0 Å². The second-order valence-corrected chi connectivity index (χ2v) is 7.76. The summed E-state index contributed by atoms with van der Waals surface area (Å²) in [6.45, 7) is 5.17. The van der Waals surface area contributed by atoms with E-state index >= 15 is 0 Å². The van der Waals surface area contributed by atoms with Crippen LogP contribution in [0.5, 0.6) is 0 Å². The van der Waals surface area contributed by atoms with Gasteiger partial charge >= 0.3 is 12.1 Å². The van der Waals surface area contributed by atoms with Gasteiger partial charge in [0.2, 0.25) is 6.10 Å². The molecule has 10 heteroatoms. The van der Waals surface area contributed by atoms with Gasteiger partial charge in [-0.15, -0.1) is 0 Å². The lowest BCUT2D eigenvalue weighted by Crippen LogP contribution is -2.47. The molecule has 0 saturated carbocycles. The van der Waals surface area contributed by atoms with E-state index in [0.717, 1.165) is 5.56 Å². The predicted molar refractivity (Wildman–Crippen MR) is 115 cm³/mol. The van der Waals surface area contributed by atoms with Crippen LogP contribution in [0.4, 0.5) is 4.79 Å². The normalized spacial score (nSPS) is 16.9. The van der Waals surface area contributed by atoms with Crippen LogP contribution in [-0.4, -0.2) is 54.8 Å². The number of carbonyl (C=O) groups is 4. The van der Waals surface area contributed by atoms with Gasteiger partial charge in [0.15, 0.2) is 5.78 Å². The molecule has 0 radical (unpaired) electrons. The van der Waals surface area contributed by atoms with Gasteiger partial charge in [-0.3, -0.25) is 14.4 Å². The van der Waals surface area contributed by atoms with E-state index in [1.54, 1.807) is 0 Å². The number of hydrogen-bond donors (Lipinski definition) is 2. The molecule has 174 valence electrons. The monoisotopic (exact) mass is 447 g/mol. The molecule has 0 bridgehead atoms. The summed E-state index contributed by atoms with van der Waals surface area (Å²) in [5.74, 6) is -1.63. The molecule has 1 heterocycles. The maximum Gasteiger partial charge on any atom is 0.408 e. The molecule has 1 aromatic rings. The average molecular weight is 447 g/mol. The zero-order chi connectivity index (χ0) is 23.7. The maximum atomic E-state index is 12.5. The number of ether oxygens (including phenoxy) is 2. The molecule has 2 unspecified atom stereocenters. The second kappa shape index (κ2) is 11.8. The molecule has 32 heavy (non-hydrogen) atoms. The number of hydrogen-bond acceptors (Lipinski definition) is 8. The van der Waals surface area contributed by atoms with Gasteiger partial charge < -0.3 is 24.9 Å². The quantitative estimate of drug-likeness (QED) is 0.522. The lowest BCUT2D eigenvalue weighted by atomic mass is 9.95. The molecule has 0 aromatic heterocycles. The Morgan fingerprint density at radius 1 is 1.16 bits per heavy atom. The summed E-state index contributed by atoms with van der Waals surface area (Å²) >= 11 is 0. The number of methoxy groups -OCH3 is 1. The number of benzene rings is 1. The Labute approximate surface area is 186 Å². The number of Topliss-reactive ketones (excluding diaryl/α,β-unsaturated/α-hetero) is 1. The Bertz CT molecular complexity index is 854. The molecule has 0 fully saturated rings. The number of carbonyl (C=O) groups excluding carboxylic acids is 4. The summed E-state index contributed by atoms with van der Waals surface area (Å²) in [6, 6.07) is 7.75. The van der Waals surface area contributed by atoms with Crippen LogP contribution in [0.3, 0.4) is 0 Å². The third kappa shape index (κ3) is 7.36. The number of amides is 2. The smallest absolute Gasteiger partial charge is 0.408 e. The van der Waals surface area contributed by atoms with E-state index in [1.165, 1.54) is 14.0 Å². The van der Waals surface area contributed by atoms with Crippen molar-refractivity contribution in [3.05, 3.63) is 35.9 Å². The van der Waals surface area contributed by atoms with E-state index in [2.05, 4.69) is 20.5 Å². The third-order valence-corrected chi connectivity index (χ3v) is 4.90. The van der Waals surface area contributed by atoms with Crippen molar-refractivity contribution >= 4 is 29.5 Å². The van der Waals surface area contributed by atoms with Crippen molar-refractivity contribution < 1.29 is 33.5 Å². The van der Waals surface area contributed by atoms with Crippen LogP contribution in [0.1, 0.15) is 39.2 Å². The largest absolute Gasteiger partial charge is 0.469 e. The first kappa shape index (κ1) is 24.8. The van der Waals surface area contributed by atoms with E-state index < -0.39 is 36.2 Å². The van der Waals surface area contributed by atoms with E-state index in [1.807, 2.05) is 44.2 Å². The summed E-state index contributed by atoms with van der Waals surface area (Å²) in [7, 11) is 1.20. The summed E-state index contributed by atoms with van der Waals surface area (Å²) in [4.78, 5) is 53.2. The number of oxime groups is 1. The Hall–Kier alpha value is -3.43. The molecule has 1 aliphatic heterocycles. The van der Waals surface area contributed by atoms with Gasteiger partial charge in [-0.1, -0.05) is 49.3 Å². The Morgan fingerprint density at radius 2 is 1.84 bits per heavy atom. The first-order valence-corrected chi connectivity index (χ1v) is 10.3. The van der Waals surface area contributed by atoms with Crippen molar-refractivity contribution in [2.24, 2.45) is 11.1 Å². The van der Waals surface area contributed by atoms with Crippen LogP contribution in [0, 0.1) is 5.92 Å².